The van der Waals surface area contributed by atoms with E-state index in [0.717, 1.165) is 44.1 Å². The molecule has 9 heteroatoms. The first-order chi connectivity index (χ1) is 18.0. The van der Waals surface area contributed by atoms with Gasteiger partial charge in [-0.3, -0.25) is 19.3 Å². The van der Waals surface area contributed by atoms with E-state index >= 15 is 0 Å². The number of carbonyl (C=O) groups is 4. The predicted octanol–water partition coefficient (Wildman–Crippen LogP) is 3.36. The van der Waals surface area contributed by atoms with Gasteiger partial charge in [0.1, 0.15) is 12.3 Å². The summed E-state index contributed by atoms with van der Waals surface area (Å²) in [6.07, 6.45) is 9.39. The second kappa shape index (κ2) is 12.9. The number of methoxy groups -OCH3 is 1. The summed E-state index contributed by atoms with van der Waals surface area (Å²) >= 11 is 0. The largest absolute Gasteiger partial charge is 0.497 e. The zero-order valence-corrected chi connectivity index (χ0v) is 21.9. The number of ether oxygens (including phenoxy) is 1. The van der Waals surface area contributed by atoms with Crippen LogP contribution in [0.2, 0.25) is 0 Å². The molecule has 0 radical (unpaired) electrons. The Balaban J connectivity index is 1.31. The summed E-state index contributed by atoms with van der Waals surface area (Å²) in [5.74, 6) is 0.123. The minimum Gasteiger partial charge on any atom is -0.497 e. The van der Waals surface area contributed by atoms with Crippen LogP contribution in [-0.4, -0.2) is 65.8 Å². The van der Waals surface area contributed by atoms with E-state index in [9.17, 15) is 19.2 Å². The fourth-order valence-corrected chi connectivity index (χ4v) is 5.87. The van der Waals surface area contributed by atoms with Crippen LogP contribution in [0.25, 0.3) is 0 Å². The molecule has 3 fully saturated rings. The molecule has 202 valence electrons. The molecule has 0 bridgehead atoms. The molecule has 2 aliphatic carbocycles. The molecule has 3 aliphatic rings. The van der Waals surface area contributed by atoms with Crippen molar-refractivity contribution < 1.29 is 23.9 Å². The first-order valence-electron chi connectivity index (χ1n) is 13.8. The molecule has 1 aromatic rings. The fourth-order valence-electron chi connectivity index (χ4n) is 5.87. The molecule has 1 saturated heterocycles. The number of hydrogen-bond donors (Lipinski definition) is 2. The van der Waals surface area contributed by atoms with Crippen LogP contribution in [0.4, 0.5) is 4.79 Å². The number of nitrogens with zero attached hydrogens (tertiary/aromatic N) is 2. The summed E-state index contributed by atoms with van der Waals surface area (Å²) in [5.41, 5.74) is 0.905. The highest BCUT2D eigenvalue weighted by Crippen LogP contribution is 2.34. The molecular formula is C28H40N4O5. The SMILES string of the molecule is COc1cccc(CNC(=O)CN2C(=O)N(CCCCC(=O)NC3CCCC3)C(=O)C3CCCCC32)c1. The van der Waals surface area contributed by atoms with E-state index in [1.807, 2.05) is 24.3 Å². The van der Waals surface area contributed by atoms with Crippen LogP contribution in [0.15, 0.2) is 24.3 Å². The lowest BCUT2D eigenvalue weighted by atomic mass is 9.81. The van der Waals surface area contributed by atoms with Crippen LogP contribution in [0.3, 0.4) is 0 Å². The standard InChI is InChI=1S/C28H40N4O5/c1-37-22-12-8-9-20(17-22)18-29-26(34)19-32-24-14-5-4-13-23(24)27(35)31(28(32)36)16-7-6-15-25(33)30-21-10-2-3-11-21/h8-9,12,17,21,23-24H,2-7,10-11,13-16,18-19H2,1H3,(H,29,34)(H,30,33). The molecule has 2 atom stereocenters. The molecule has 2 N–H and O–H groups in total. The maximum Gasteiger partial charge on any atom is 0.327 e. The van der Waals surface area contributed by atoms with Crippen molar-refractivity contribution in [1.29, 1.82) is 0 Å². The first-order valence-corrected chi connectivity index (χ1v) is 13.8. The second-order valence-electron chi connectivity index (χ2n) is 10.5. The van der Waals surface area contributed by atoms with Gasteiger partial charge >= 0.3 is 6.03 Å². The Labute approximate surface area is 219 Å². The molecule has 37 heavy (non-hydrogen) atoms. The van der Waals surface area contributed by atoms with E-state index in [2.05, 4.69) is 10.6 Å². The van der Waals surface area contributed by atoms with Gasteiger partial charge in [0.2, 0.25) is 17.7 Å². The maximum atomic E-state index is 13.4. The van der Waals surface area contributed by atoms with Crippen molar-refractivity contribution in [1.82, 2.24) is 20.4 Å². The van der Waals surface area contributed by atoms with E-state index in [-0.39, 0.29) is 48.8 Å². The van der Waals surface area contributed by atoms with Crippen molar-refractivity contribution >= 4 is 23.8 Å². The number of unbranched alkanes of at least 4 members (excludes halogenated alkanes) is 1. The van der Waals surface area contributed by atoms with Gasteiger partial charge in [-0.2, -0.15) is 0 Å². The Morgan fingerprint density at radius 1 is 1.00 bits per heavy atom. The molecule has 5 amide bonds. The number of amides is 5. The smallest absolute Gasteiger partial charge is 0.327 e. The quantitative estimate of drug-likeness (QED) is 0.442. The Kier molecular flexibility index (Phi) is 9.41. The van der Waals surface area contributed by atoms with Crippen molar-refractivity contribution in [2.24, 2.45) is 5.92 Å². The normalized spacial score (nSPS) is 22.1. The third-order valence-electron chi connectivity index (χ3n) is 7.88. The molecule has 1 aliphatic heterocycles. The van der Waals surface area contributed by atoms with Gasteiger partial charge in [0.25, 0.3) is 0 Å². The zero-order valence-electron chi connectivity index (χ0n) is 21.9. The summed E-state index contributed by atoms with van der Waals surface area (Å²) in [6, 6.07) is 7.14. The summed E-state index contributed by atoms with van der Waals surface area (Å²) in [5, 5.41) is 5.98. The first kappa shape index (κ1) is 26.9. The maximum absolute atomic E-state index is 13.4. The number of urea groups is 1. The van der Waals surface area contributed by atoms with E-state index in [4.69, 9.17) is 4.74 Å². The molecule has 0 aromatic heterocycles. The van der Waals surface area contributed by atoms with Crippen LogP contribution in [0.1, 0.15) is 76.2 Å². The lowest BCUT2D eigenvalue weighted by Gasteiger charge is -2.46. The van der Waals surface area contributed by atoms with Gasteiger partial charge < -0.3 is 20.3 Å². The van der Waals surface area contributed by atoms with E-state index < -0.39 is 0 Å². The Bertz CT molecular complexity index is 977. The topological polar surface area (TPSA) is 108 Å². The fraction of sp³-hybridized carbons (Fsp3) is 0.643. The van der Waals surface area contributed by atoms with Crippen molar-refractivity contribution in [3.63, 3.8) is 0 Å². The van der Waals surface area contributed by atoms with Crippen molar-refractivity contribution in [2.75, 3.05) is 20.2 Å². The zero-order chi connectivity index (χ0) is 26.2. The van der Waals surface area contributed by atoms with E-state index in [0.29, 0.717) is 37.6 Å². The van der Waals surface area contributed by atoms with Crippen LogP contribution in [0, 0.1) is 5.92 Å². The number of nitrogens with one attached hydrogen (secondary N) is 2. The molecule has 2 saturated carbocycles. The van der Waals surface area contributed by atoms with Crippen molar-refractivity contribution in [3.8, 4) is 5.75 Å². The number of fused-ring (bicyclic) bond motifs is 1. The highest BCUT2D eigenvalue weighted by atomic mass is 16.5. The number of rotatable bonds is 11. The Morgan fingerprint density at radius 2 is 1.76 bits per heavy atom. The van der Waals surface area contributed by atoms with E-state index in [1.54, 1.807) is 12.0 Å². The predicted molar refractivity (Wildman–Crippen MR) is 139 cm³/mol. The molecule has 2 unspecified atom stereocenters. The summed E-state index contributed by atoms with van der Waals surface area (Å²) in [6.45, 7) is 0.537. The average Bonchev–Trinajstić information content (AvgIpc) is 3.42. The van der Waals surface area contributed by atoms with Gasteiger partial charge in [-0.05, 0) is 56.2 Å². The van der Waals surface area contributed by atoms with Crippen LogP contribution < -0.4 is 15.4 Å². The van der Waals surface area contributed by atoms with Crippen LogP contribution in [0.5, 0.6) is 5.75 Å². The van der Waals surface area contributed by atoms with Gasteiger partial charge in [0.05, 0.1) is 13.0 Å². The lowest BCUT2D eigenvalue weighted by molar-refractivity contribution is -0.142. The third-order valence-corrected chi connectivity index (χ3v) is 7.88. The van der Waals surface area contributed by atoms with Gasteiger partial charge in [-0.25, -0.2) is 4.79 Å². The van der Waals surface area contributed by atoms with Gasteiger partial charge in [0.15, 0.2) is 0 Å². The van der Waals surface area contributed by atoms with Crippen molar-refractivity contribution in [2.45, 2.75) is 89.3 Å². The summed E-state index contributed by atoms with van der Waals surface area (Å²) in [7, 11) is 1.60. The third kappa shape index (κ3) is 7.02. The Hall–Kier alpha value is -3.10. The summed E-state index contributed by atoms with van der Waals surface area (Å²) < 4.78 is 5.24. The lowest BCUT2D eigenvalue weighted by Crippen LogP contribution is -2.63. The number of benzene rings is 1. The molecule has 1 aromatic carbocycles. The van der Waals surface area contributed by atoms with Crippen molar-refractivity contribution in [3.05, 3.63) is 29.8 Å². The number of carbonyl (C=O) groups excluding carboxylic acids is 4. The molecule has 9 nitrogen and oxygen atoms in total. The monoisotopic (exact) mass is 512 g/mol. The van der Waals surface area contributed by atoms with Gasteiger partial charge in [0, 0.05) is 31.6 Å². The van der Waals surface area contributed by atoms with Gasteiger partial charge in [-0.15, -0.1) is 0 Å². The Morgan fingerprint density at radius 3 is 2.54 bits per heavy atom. The van der Waals surface area contributed by atoms with Crippen LogP contribution in [-0.2, 0) is 20.9 Å². The second-order valence-corrected chi connectivity index (χ2v) is 10.5. The summed E-state index contributed by atoms with van der Waals surface area (Å²) in [4.78, 5) is 54.6. The number of imide groups is 1. The molecular weight excluding hydrogens is 472 g/mol. The molecule has 4 rings (SSSR count). The van der Waals surface area contributed by atoms with Gasteiger partial charge in [-0.1, -0.05) is 37.8 Å². The average molecular weight is 513 g/mol. The minimum atomic E-state index is -0.389. The highest BCUT2D eigenvalue weighted by molar-refractivity contribution is 6.00. The van der Waals surface area contributed by atoms with E-state index in [1.165, 1.54) is 17.7 Å². The molecule has 0 spiro atoms. The highest BCUT2D eigenvalue weighted by Gasteiger charge is 2.47. The number of hydrogen-bond acceptors (Lipinski definition) is 5. The molecule has 1 heterocycles. The van der Waals surface area contributed by atoms with Crippen LogP contribution >= 0.6 is 0 Å². The minimum absolute atomic E-state index is 0.0462.